The number of rotatable bonds is 6. The second-order valence-electron chi connectivity index (χ2n) is 7.59. The van der Waals surface area contributed by atoms with Crippen molar-refractivity contribution in [1.82, 2.24) is 10.2 Å². The first kappa shape index (κ1) is 21.3. The second kappa shape index (κ2) is 9.90. The van der Waals surface area contributed by atoms with Crippen molar-refractivity contribution in [3.63, 3.8) is 0 Å². The molecule has 2 amide bonds. The minimum atomic E-state index is -0.262. The third kappa shape index (κ3) is 5.58. The van der Waals surface area contributed by atoms with E-state index in [9.17, 15) is 9.59 Å². The molecule has 1 saturated heterocycles. The van der Waals surface area contributed by atoms with E-state index < -0.39 is 0 Å². The number of nitrogens with one attached hydrogen (secondary N) is 2. The maximum absolute atomic E-state index is 12.7. The summed E-state index contributed by atoms with van der Waals surface area (Å²) in [6, 6.07) is 15.1. The van der Waals surface area contributed by atoms with Crippen molar-refractivity contribution >= 4 is 29.1 Å². The van der Waals surface area contributed by atoms with Gasteiger partial charge in [0.1, 0.15) is 0 Å². The van der Waals surface area contributed by atoms with Gasteiger partial charge in [0.05, 0.1) is 6.04 Å². The van der Waals surface area contributed by atoms with E-state index in [0.29, 0.717) is 11.6 Å². The van der Waals surface area contributed by atoms with Crippen LogP contribution in [0.2, 0.25) is 5.02 Å². The minimum Gasteiger partial charge on any atom is -0.352 e. The van der Waals surface area contributed by atoms with Crippen LogP contribution >= 0.6 is 11.6 Å². The summed E-state index contributed by atoms with van der Waals surface area (Å²) in [7, 11) is 0. The molecular weight excluding hydrogens is 386 g/mol. The number of benzene rings is 2. The molecule has 6 heteroatoms. The van der Waals surface area contributed by atoms with Gasteiger partial charge in [0, 0.05) is 23.2 Å². The molecule has 0 saturated carbocycles. The fourth-order valence-electron chi connectivity index (χ4n) is 3.62. The highest BCUT2D eigenvalue weighted by Crippen LogP contribution is 2.24. The van der Waals surface area contributed by atoms with E-state index in [1.807, 2.05) is 62.4 Å². The number of carbonyl (C=O) groups is 2. The van der Waals surface area contributed by atoms with Crippen molar-refractivity contribution in [2.45, 2.75) is 39.3 Å². The van der Waals surface area contributed by atoms with Crippen LogP contribution in [0.25, 0.3) is 0 Å². The lowest BCUT2D eigenvalue weighted by atomic mass is 9.94. The van der Waals surface area contributed by atoms with Crippen molar-refractivity contribution in [3.8, 4) is 0 Å². The molecule has 2 N–H and O–H groups in total. The number of likely N-dealkylation sites (tertiary alicyclic amines) is 1. The summed E-state index contributed by atoms with van der Waals surface area (Å²) in [6.07, 6.45) is 1.52. The molecule has 0 aliphatic carbocycles. The van der Waals surface area contributed by atoms with E-state index in [1.165, 1.54) is 0 Å². The highest BCUT2D eigenvalue weighted by molar-refractivity contribution is 6.31. The Labute approximate surface area is 177 Å². The molecular formula is C23H28ClN3O2. The van der Waals surface area contributed by atoms with E-state index in [1.54, 1.807) is 0 Å². The monoisotopic (exact) mass is 413 g/mol. The summed E-state index contributed by atoms with van der Waals surface area (Å²) in [6.45, 7) is 5.81. The summed E-state index contributed by atoms with van der Waals surface area (Å²) in [5.41, 5.74) is 2.70. The molecule has 0 aromatic heterocycles. The highest BCUT2D eigenvalue weighted by atomic mass is 35.5. The van der Waals surface area contributed by atoms with Gasteiger partial charge in [-0.2, -0.15) is 0 Å². The zero-order chi connectivity index (χ0) is 20.8. The third-order valence-corrected chi connectivity index (χ3v) is 6.07. The van der Waals surface area contributed by atoms with Gasteiger partial charge in [-0.15, -0.1) is 0 Å². The van der Waals surface area contributed by atoms with Crippen molar-refractivity contribution < 1.29 is 9.59 Å². The van der Waals surface area contributed by atoms with E-state index >= 15 is 0 Å². The third-order valence-electron chi connectivity index (χ3n) is 5.66. The maximum atomic E-state index is 12.7. The number of piperidine rings is 1. The molecule has 1 unspecified atom stereocenters. The first-order valence-corrected chi connectivity index (χ1v) is 10.4. The van der Waals surface area contributed by atoms with Crippen LogP contribution in [0, 0.1) is 12.8 Å². The van der Waals surface area contributed by atoms with E-state index in [4.69, 9.17) is 11.6 Å². The van der Waals surface area contributed by atoms with Gasteiger partial charge in [0.25, 0.3) is 0 Å². The van der Waals surface area contributed by atoms with Crippen LogP contribution < -0.4 is 10.6 Å². The number of carbonyl (C=O) groups excluding carboxylic acids is 2. The first-order valence-electron chi connectivity index (χ1n) is 10.1. The summed E-state index contributed by atoms with van der Waals surface area (Å²) in [4.78, 5) is 27.3. The Morgan fingerprint density at radius 1 is 1.10 bits per heavy atom. The summed E-state index contributed by atoms with van der Waals surface area (Å²) in [5.74, 6) is 0.0444. The van der Waals surface area contributed by atoms with Crippen LogP contribution in [0.15, 0.2) is 48.5 Å². The van der Waals surface area contributed by atoms with Gasteiger partial charge in [0.15, 0.2) is 0 Å². The zero-order valence-corrected chi connectivity index (χ0v) is 17.7. The Kier molecular flexibility index (Phi) is 7.29. The molecule has 1 atom stereocenters. The van der Waals surface area contributed by atoms with Gasteiger partial charge in [0.2, 0.25) is 11.8 Å². The van der Waals surface area contributed by atoms with Crippen molar-refractivity contribution in [2.24, 2.45) is 5.92 Å². The lowest BCUT2D eigenvalue weighted by Gasteiger charge is -2.34. The van der Waals surface area contributed by atoms with Gasteiger partial charge in [-0.25, -0.2) is 0 Å². The molecule has 2 aromatic rings. The number of nitrogens with zero attached hydrogens (tertiary/aromatic N) is 1. The number of anilines is 1. The SMILES string of the molecule is Cc1c(Cl)cccc1NC(=O)C(C)N1CCC(C(=O)NCc2ccccc2)CC1. The van der Waals surface area contributed by atoms with Gasteiger partial charge >= 0.3 is 0 Å². The maximum Gasteiger partial charge on any atom is 0.241 e. The predicted octanol–water partition coefficient (Wildman–Crippen LogP) is 4.00. The molecule has 0 bridgehead atoms. The molecule has 1 aliphatic heterocycles. The topological polar surface area (TPSA) is 61.4 Å². The molecule has 29 heavy (non-hydrogen) atoms. The lowest BCUT2D eigenvalue weighted by Crippen LogP contribution is -2.48. The number of halogens is 1. The number of hydrogen-bond acceptors (Lipinski definition) is 3. The van der Waals surface area contributed by atoms with Gasteiger partial charge < -0.3 is 10.6 Å². The van der Waals surface area contributed by atoms with Gasteiger partial charge in [-0.1, -0.05) is 48.0 Å². The summed E-state index contributed by atoms with van der Waals surface area (Å²) in [5, 5.41) is 6.64. The van der Waals surface area contributed by atoms with Crippen LogP contribution in [0.5, 0.6) is 0 Å². The fourth-order valence-corrected chi connectivity index (χ4v) is 3.80. The molecule has 1 aliphatic rings. The van der Waals surface area contributed by atoms with E-state index in [0.717, 1.165) is 42.7 Å². The standard InChI is InChI=1S/C23H28ClN3O2/c1-16-20(24)9-6-10-21(16)26-22(28)17(2)27-13-11-19(12-14-27)23(29)25-15-18-7-4-3-5-8-18/h3-10,17,19H,11-15H2,1-2H3,(H,25,29)(H,26,28). The zero-order valence-electron chi connectivity index (χ0n) is 17.0. The van der Waals surface area contributed by atoms with Gasteiger partial charge in [-0.3, -0.25) is 14.5 Å². The van der Waals surface area contributed by atoms with E-state index in [-0.39, 0.29) is 23.8 Å². The molecule has 1 fully saturated rings. The smallest absolute Gasteiger partial charge is 0.241 e. The first-order chi connectivity index (χ1) is 14.0. The summed E-state index contributed by atoms with van der Waals surface area (Å²) >= 11 is 6.14. The second-order valence-corrected chi connectivity index (χ2v) is 8.00. The Morgan fingerprint density at radius 2 is 1.79 bits per heavy atom. The Morgan fingerprint density at radius 3 is 2.48 bits per heavy atom. The minimum absolute atomic E-state index is 0.000368. The lowest BCUT2D eigenvalue weighted by molar-refractivity contribution is -0.127. The molecule has 0 radical (unpaired) electrons. The molecule has 0 spiro atoms. The molecule has 2 aromatic carbocycles. The average Bonchev–Trinajstić information content (AvgIpc) is 2.75. The van der Waals surface area contributed by atoms with Crippen LogP contribution in [0.4, 0.5) is 5.69 Å². The Bertz CT molecular complexity index is 848. The number of hydrogen-bond donors (Lipinski definition) is 2. The summed E-state index contributed by atoms with van der Waals surface area (Å²) < 4.78 is 0. The Hall–Kier alpha value is -2.37. The van der Waals surface area contributed by atoms with Crippen molar-refractivity contribution in [2.75, 3.05) is 18.4 Å². The number of amides is 2. The molecule has 5 nitrogen and oxygen atoms in total. The average molecular weight is 414 g/mol. The largest absolute Gasteiger partial charge is 0.352 e. The highest BCUT2D eigenvalue weighted by Gasteiger charge is 2.29. The van der Waals surface area contributed by atoms with Crippen LogP contribution in [0.3, 0.4) is 0 Å². The fraction of sp³-hybridized carbons (Fsp3) is 0.391. The quantitative estimate of drug-likeness (QED) is 0.752. The van der Waals surface area contributed by atoms with Crippen LogP contribution in [-0.2, 0) is 16.1 Å². The van der Waals surface area contributed by atoms with E-state index in [2.05, 4.69) is 15.5 Å². The van der Waals surface area contributed by atoms with Crippen molar-refractivity contribution in [1.29, 1.82) is 0 Å². The molecule has 154 valence electrons. The Balaban J connectivity index is 1.47. The molecule has 3 rings (SSSR count). The van der Waals surface area contributed by atoms with Crippen LogP contribution in [-0.4, -0.2) is 35.8 Å². The normalized spacial score (nSPS) is 16.2. The van der Waals surface area contributed by atoms with Crippen LogP contribution in [0.1, 0.15) is 30.9 Å². The van der Waals surface area contributed by atoms with Crippen molar-refractivity contribution in [3.05, 3.63) is 64.7 Å². The molecule has 1 heterocycles. The van der Waals surface area contributed by atoms with Gasteiger partial charge in [-0.05, 0) is 63.0 Å². The predicted molar refractivity (Wildman–Crippen MR) is 117 cm³/mol.